The van der Waals surface area contributed by atoms with Gasteiger partial charge < -0.3 is 5.32 Å². The van der Waals surface area contributed by atoms with E-state index in [4.69, 9.17) is 0 Å². The van der Waals surface area contributed by atoms with Crippen molar-refractivity contribution < 1.29 is 0 Å². The van der Waals surface area contributed by atoms with Gasteiger partial charge in [-0.25, -0.2) is 0 Å². The summed E-state index contributed by atoms with van der Waals surface area (Å²) in [5, 5.41) is 2.85. The average Bonchev–Trinajstić information content (AvgIpc) is 1.95. The summed E-state index contributed by atoms with van der Waals surface area (Å²) in [6.07, 6.45) is 0. The van der Waals surface area contributed by atoms with E-state index in [1.165, 1.54) is 11.1 Å². The molecule has 0 aliphatic carbocycles. The van der Waals surface area contributed by atoms with Crippen molar-refractivity contribution in [3.8, 4) is 0 Å². The highest BCUT2D eigenvalue weighted by atomic mass is 14.8. The normalized spacial score (nSPS) is 9.80. The SMILES string of the molecule is [CH2]NCc1ccc(C)cc1. The molecule has 0 aromatic heterocycles. The Hall–Kier alpha value is -0.820. The van der Waals surface area contributed by atoms with E-state index in [9.17, 15) is 0 Å². The van der Waals surface area contributed by atoms with Gasteiger partial charge in [-0.15, -0.1) is 0 Å². The monoisotopic (exact) mass is 134 g/mol. The van der Waals surface area contributed by atoms with E-state index in [1.54, 1.807) is 0 Å². The minimum Gasteiger partial charge on any atom is -0.311 e. The topological polar surface area (TPSA) is 12.0 Å². The summed E-state index contributed by atoms with van der Waals surface area (Å²) in [7, 11) is 3.55. The van der Waals surface area contributed by atoms with Crippen molar-refractivity contribution in [2.24, 2.45) is 0 Å². The molecule has 0 bridgehead atoms. The Balaban J connectivity index is 2.69. The van der Waals surface area contributed by atoms with Gasteiger partial charge in [-0.3, -0.25) is 0 Å². The maximum atomic E-state index is 3.55. The van der Waals surface area contributed by atoms with E-state index < -0.39 is 0 Å². The largest absolute Gasteiger partial charge is 0.311 e. The lowest BCUT2D eigenvalue weighted by atomic mass is 10.1. The number of benzene rings is 1. The number of hydrogen-bond acceptors (Lipinski definition) is 1. The van der Waals surface area contributed by atoms with Crippen LogP contribution in [0.4, 0.5) is 0 Å². The van der Waals surface area contributed by atoms with Gasteiger partial charge in [0.05, 0.1) is 0 Å². The van der Waals surface area contributed by atoms with Crippen molar-refractivity contribution >= 4 is 0 Å². The highest BCUT2D eigenvalue weighted by Crippen LogP contribution is 2.01. The highest BCUT2D eigenvalue weighted by Gasteiger charge is 1.87. The van der Waals surface area contributed by atoms with Gasteiger partial charge in [0, 0.05) is 13.6 Å². The maximum Gasteiger partial charge on any atom is 0.0206 e. The highest BCUT2D eigenvalue weighted by molar-refractivity contribution is 5.20. The Kier molecular flexibility index (Phi) is 2.46. The van der Waals surface area contributed by atoms with Gasteiger partial charge in [0.25, 0.3) is 0 Å². The molecule has 1 aromatic carbocycles. The van der Waals surface area contributed by atoms with Crippen molar-refractivity contribution in [3.63, 3.8) is 0 Å². The van der Waals surface area contributed by atoms with Gasteiger partial charge in [0.15, 0.2) is 0 Å². The summed E-state index contributed by atoms with van der Waals surface area (Å²) < 4.78 is 0. The molecule has 0 aliphatic heterocycles. The minimum atomic E-state index is 0.848. The van der Waals surface area contributed by atoms with Gasteiger partial charge >= 0.3 is 0 Å². The molecule has 1 radical (unpaired) electrons. The fraction of sp³-hybridized carbons (Fsp3) is 0.222. The molecule has 0 fully saturated rings. The van der Waals surface area contributed by atoms with E-state index in [1.807, 2.05) is 0 Å². The van der Waals surface area contributed by atoms with E-state index in [2.05, 4.69) is 43.6 Å². The minimum absolute atomic E-state index is 0.848. The van der Waals surface area contributed by atoms with E-state index in [0.29, 0.717) is 0 Å². The van der Waals surface area contributed by atoms with Crippen molar-refractivity contribution in [1.29, 1.82) is 0 Å². The molecule has 1 N–H and O–H groups in total. The van der Waals surface area contributed by atoms with Crippen LogP contribution in [0, 0.1) is 14.0 Å². The van der Waals surface area contributed by atoms with Crippen LogP contribution in [-0.2, 0) is 6.54 Å². The maximum absolute atomic E-state index is 3.55. The quantitative estimate of drug-likeness (QED) is 0.651. The van der Waals surface area contributed by atoms with Gasteiger partial charge in [-0.1, -0.05) is 29.8 Å². The Morgan fingerprint density at radius 1 is 1.30 bits per heavy atom. The predicted molar refractivity (Wildman–Crippen MR) is 43.4 cm³/mol. The second-order valence-electron chi connectivity index (χ2n) is 2.41. The molecule has 1 rings (SSSR count). The molecule has 0 heterocycles. The third-order valence-corrected chi connectivity index (χ3v) is 1.45. The zero-order valence-electron chi connectivity index (χ0n) is 6.22. The molecule has 0 amide bonds. The van der Waals surface area contributed by atoms with Crippen molar-refractivity contribution in [1.82, 2.24) is 5.32 Å². The molecular formula is C9H12N. The zero-order valence-corrected chi connectivity index (χ0v) is 6.22. The summed E-state index contributed by atoms with van der Waals surface area (Å²) in [6, 6.07) is 8.42. The van der Waals surface area contributed by atoms with Crippen molar-refractivity contribution in [2.75, 3.05) is 0 Å². The van der Waals surface area contributed by atoms with Crippen LogP contribution in [0.15, 0.2) is 24.3 Å². The fourth-order valence-electron chi connectivity index (χ4n) is 0.850. The third-order valence-electron chi connectivity index (χ3n) is 1.45. The van der Waals surface area contributed by atoms with Crippen LogP contribution in [0.25, 0.3) is 0 Å². The fourth-order valence-corrected chi connectivity index (χ4v) is 0.850. The Bertz CT molecular complexity index is 188. The number of nitrogens with one attached hydrogen (secondary N) is 1. The smallest absolute Gasteiger partial charge is 0.0206 e. The lowest BCUT2D eigenvalue weighted by molar-refractivity contribution is 0.866. The summed E-state index contributed by atoms with van der Waals surface area (Å²) in [5.41, 5.74) is 2.58. The van der Waals surface area contributed by atoms with Gasteiger partial charge in [0.1, 0.15) is 0 Å². The first-order chi connectivity index (χ1) is 4.83. The number of rotatable bonds is 2. The Labute approximate surface area is 62.1 Å². The third kappa shape index (κ3) is 1.85. The molecule has 0 aliphatic rings. The standard InChI is InChI=1S/C9H12N/c1-8-3-5-9(6-4-8)7-10-2/h3-6,10H,2,7H2,1H3. The molecule has 0 atom stereocenters. The van der Waals surface area contributed by atoms with Gasteiger partial charge in [-0.2, -0.15) is 0 Å². The lowest BCUT2D eigenvalue weighted by Crippen LogP contribution is -2.01. The first kappa shape index (κ1) is 7.29. The van der Waals surface area contributed by atoms with Crippen LogP contribution >= 0.6 is 0 Å². The van der Waals surface area contributed by atoms with Crippen LogP contribution in [0.1, 0.15) is 11.1 Å². The molecule has 0 saturated heterocycles. The molecule has 0 unspecified atom stereocenters. The molecule has 10 heavy (non-hydrogen) atoms. The molecule has 0 spiro atoms. The molecule has 1 nitrogen and oxygen atoms in total. The average molecular weight is 134 g/mol. The van der Waals surface area contributed by atoms with Crippen LogP contribution in [-0.4, -0.2) is 0 Å². The molecule has 1 heteroatoms. The van der Waals surface area contributed by atoms with E-state index >= 15 is 0 Å². The van der Waals surface area contributed by atoms with E-state index in [-0.39, 0.29) is 0 Å². The zero-order chi connectivity index (χ0) is 7.40. The van der Waals surface area contributed by atoms with Gasteiger partial charge in [0.2, 0.25) is 0 Å². The second kappa shape index (κ2) is 3.37. The van der Waals surface area contributed by atoms with Crippen molar-refractivity contribution in [3.05, 3.63) is 42.4 Å². The van der Waals surface area contributed by atoms with Crippen LogP contribution in [0.5, 0.6) is 0 Å². The van der Waals surface area contributed by atoms with E-state index in [0.717, 1.165) is 6.54 Å². The summed E-state index contributed by atoms with van der Waals surface area (Å²) in [5.74, 6) is 0. The lowest BCUT2D eigenvalue weighted by Gasteiger charge is -1.98. The second-order valence-corrected chi connectivity index (χ2v) is 2.41. The predicted octanol–water partition coefficient (Wildman–Crippen LogP) is 1.88. The molecular weight excluding hydrogens is 122 g/mol. The number of aryl methyl sites for hydroxylation is 1. The molecule has 0 saturated carbocycles. The van der Waals surface area contributed by atoms with Crippen molar-refractivity contribution in [2.45, 2.75) is 13.5 Å². The molecule has 53 valence electrons. The Morgan fingerprint density at radius 3 is 2.40 bits per heavy atom. The van der Waals surface area contributed by atoms with Crippen LogP contribution in [0.2, 0.25) is 0 Å². The van der Waals surface area contributed by atoms with Crippen LogP contribution < -0.4 is 5.32 Å². The first-order valence-electron chi connectivity index (χ1n) is 3.38. The molecule has 1 aromatic rings. The van der Waals surface area contributed by atoms with Crippen LogP contribution in [0.3, 0.4) is 0 Å². The summed E-state index contributed by atoms with van der Waals surface area (Å²) in [6.45, 7) is 2.93. The first-order valence-corrected chi connectivity index (χ1v) is 3.38. The summed E-state index contributed by atoms with van der Waals surface area (Å²) in [4.78, 5) is 0. The Morgan fingerprint density at radius 2 is 1.90 bits per heavy atom. The number of hydrogen-bond donors (Lipinski definition) is 1. The van der Waals surface area contributed by atoms with Gasteiger partial charge in [-0.05, 0) is 12.5 Å². The summed E-state index contributed by atoms with van der Waals surface area (Å²) >= 11 is 0.